The number of rotatable bonds is 7. The zero-order valence-electron chi connectivity index (χ0n) is 17.5. The summed E-state index contributed by atoms with van der Waals surface area (Å²) in [6.07, 6.45) is 0. The van der Waals surface area contributed by atoms with E-state index >= 15 is 0 Å². The minimum absolute atomic E-state index is 0.0472. The van der Waals surface area contributed by atoms with Crippen molar-refractivity contribution in [2.75, 3.05) is 18.0 Å². The fourth-order valence-electron chi connectivity index (χ4n) is 3.14. The van der Waals surface area contributed by atoms with Crippen LogP contribution in [0.3, 0.4) is 0 Å². The molecule has 0 N–H and O–H groups in total. The van der Waals surface area contributed by atoms with Crippen LogP contribution in [0.2, 0.25) is 0 Å². The second-order valence-electron chi connectivity index (χ2n) is 7.15. The highest BCUT2D eigenvalue weighted by atomic mass is 32.2. The van der Waals surface area contributed by atoms with Crippen LogP contribution in [0.1, 0.15) is 31.8 Å². The quantitative estimate of drug-likeness (QED) is 0.409. The number of ketones is 1. The van der Waals surface area contributed by atoms with Gasteiger partial charge in [-0.2, -0.15) is 0 Å². The summed E-state index contributed by atoms with van der Waals surface area (Å²) < 4.78 is 32.2. The zero-order valence-corrected chi connectivity index (χ0v) is 18.3. The minimum atomic E-state index is -3.87. The van der Waals surface area contributed by atoms with Crippen LogP contribution in [0.15, 0.2) is 77.7 Å². The fourth-order valence-corrected chi connectivity index (χ4v) is 4.38. The summed E-state index contributed by atoms with van der Waals surface area (Å²) >= 11 is 0. The largest absolute Gasteiger partial charge is 0.454 e. The molecule has 7 heteroatoms. The van der Waals surface area contributed by atoms with Crippen molar-refractivity contribution in [2.45, 2.75) is 18.7 Å². The van der Waals surface area contributed by atoms with Gasteiger partial charge in [0, 0.05) is 12.6 Å². The molecule has 31 heavy (non-hydrogen) atoms. The lowest BCUT2D eigenvalue weighted by atomic mass is 10.0. The number of anilines is 1. The molecule has 0 spiro atoms. The monoisotopic (exact) mass is 437 g/mol. The predicted molar refractivity (Wildman–Crippen MR) is 119 cm³/mol. The summed E-state index contributed by atoms with van der Waals surface area (Å²) in [4.78, 5) is 24.8. The first kappa shape index (κ1) is 22.2. The molecule has 0 unspecified atom stereocenters. The number of para-hydroxylation sites is 1. The first-order valence-electron chi connectivity index (χ1n) is 9.62. The summed E-state index contributed by atoms with van der Waals surface area (Å²) in [7, 11) is -2.43. The van der Waals surface area contributed by atoms with E-state index in [2.05, 4.69) is 0 Å². The van der Waals surface area contributed by atoms with Crippen LogP contribution in [-0.2, 0) is 14.8 Å². The van der Waals surface area contributed by atoms with Crippen LogP contribution in [0.4, 0.5) is 5.69 Å². The molecule has 0 saturated carbocycles. The number of hydrogen-bond donors (Lipinski definition) is 0. The Morgan fingerprint density at radius 3 is 2.29 bits per heavy atom. The molecule has 0 fully saturated rings. The number of benzene rings is 3. The number of carbonyl (C=O) groups excluding carboxylic acids is 2. The number of esters is 1. The van der Waals surface area contributed by atoms with Crippen molar-refractivity contribution in [2.24, 2.45) is 0 Å². The van der Waals surface area contributed by atoms with Gasteiger partial charge in [-0.1, -0.05) is 48.0 Å². The average molecular weight is 438 g/mol. The van der Waals surface area contributed by atoms with E-state index in [0.717, 1.165) is 15.4 Å². The SMILES string of the molecule is Cc1ccc(C(=O)COC(=O)c2cccc(S(=O)(=O)N(C)c3ccccc3)c2)c(C)c1. The molecule has 3 aromatic carbocycles. The Labute approximate surface area is 182 Å². The van der Waals surface area contributed by atoms with E-state index in [1.54, 1.807) is 36.4 Å². The summed E-state index contributed by atoms with van der Waals surface area (Å²) in [5.41, 5.74) is 2.87. The first-order chi connectivity index (χ1) is 14.7. The van der Waals surface area contributed by atoms with Gasteiger partial charge in [0.2, 0.25) is 5.78 Å². The maximum Gasteiger partial charge on any atom is 0.338 e. The van der Waals surface area contributed by atoms with E-state index in [4.69, 9.17) is 4.74 Å². The standard InChI is InChI=1S/C24H23NO5S/c1-17-12-13-22(18(2)14-17)23(26)16-30-24(27)19-8-7-11-21(15-19)31(28,29)25(3)20-9-5-4-6-10-20/h4-15H,16H2,1-3H3. The average Bonchev–Trinajstić information content (AvgIpc) is 2.77. The van der Waals surface area contributed by atoms with E-state index in [0.29, 0.717) is 11.3 Å². The number of hydrogen-bond acceptors (Lipinski definition) is 5. The van der Waals surface area contributed by atoms with E-state index in [-0.39, 0.29) is 16.2 Å². The lowest BCUT2D eigenvalue weighted by molar-refractivity contribution is 0.0474. The number of carbonyl (C=O) groups is 2. The Morgan fingerprint density at radius 1 is 0.903 bits per heavy atom. The van der Waals surface area contributed by atoms with Gasteiger partial charge in [0.15, 0.2) is 6.61 Å². The van der Waals surface area contributed by atoms with Gasteiger partial charge in [-0.15, -0.1) is 0 Å². The van der Waals surface area contributed by atoms with Crippen LogP contribution in [0, 0.1) is 13.8 Å². The van der Waals surface area contributed by atoms with Crippen molar-refractivity contribution in [1.29, 1.82) is 0 Å². The molecule has 0 aromatic heterocycles. The molecule has 3 aromatic rings. The van der Waals surface area contributed by atoms with Crippen molar-refractivity contribution in [3.05, 3.63) is 95.1 Å². The van der Waals surface area contributed by atoms with Crippen LogP contribution < -0.4 is 4.31 Å². The van der Waals surface area contributed by atoms with Gasteiger partial charge in [-0.25, -0.2) is 13.2 Å². The molecule has 160 valence electrons. The maximum atomic E-state index is 12.9. The molecular weight excluding hydrogens is 414 g/mol. The molecule has 0 aliphatic carbocycles. The molecule has 0 radical (unpaired) electrons. The van der Waals surface area contributed by atoms with Crippen molar-refractivity contribution in [1.82, 2.24) is 0 Å². The first-order valence-corrected chi connectivity index (χ1v) is 11.1. The van der Waals surface area contributed by atoms with Crippen molar-refractivity contribution in [3.8, 4) is 0 Å². The molecule has 0 amide bonds. The van der Waals surface area contributed by atoms with Crippen LogP contribution in [0.25, 0.3) is 0 Å². The van der Waals surface area contributed by atoms with E-state index in [9.17, 15) is 18.0 Å². The highest BCUT2D eigenvalue weighted by molar-refractivity contribution is 7.92. The lowest BCUT2D eigenvalue weighted by Gasteiger charge is -2.19. The number of sulfonamides is 1. The second-order valence-corrected chi connectivity index (χ2v) is 9.12. The second kappa shape index (κ2) is 9.14. The Morgan fingerprint density at radius 2 is 1.61 bits per heavy atom. The number of aryl methyl sites for hydroxylation is 2. The molecule has 0 saturated heterocycles. The van der Waals surface area contributed by atoms with E-state index < -0.39 is 22.6 Å². The number of Topliss-reactive ketones (excluding diaryl/α,β-unsaturated/α-hetero) is 1. The minimum Gasteiger partial charge on any atom is -0.454 e. The predicted octanol–water partition coefficient (Wildman–Crippen LogP) is 4.17. The van der Waals surface area contributed by atoms with Crippen LogP contribution in [-0.4, -0.2) is 33.8 Å². The Balaban J connectivity index is 1.75. The van der Waals surface area contributed by atoms with E-state index in [1.807, 2.05) is 26.0 Å². The highest BCUT2D eigenvalue weighted by Gasteiger charge is 2.23. The fraction of sp³-hybridized carbons (Fsp3) is 0.167. The molecule has 3 rings (SSSR count). The van der Waals surface area contributed by atoms with E-state index in [1.165, 1.54) is 31.3 Å². The molecule has 0 aliphatic heterocycles. The van der Waals surface area contributed by atoms with Gasteiger partial charge in [0.05, 0.1) is 16.1 Å². The molecule has 0 heterocycles. The molecule has 6 nitrogen and oxygen atoms in total. The third-order valence-corrected chi connectivity index (χ3v) is 6.65. The Kier molecular flexibility index (Phi) is 6.56. The summed E-state index contributed by atoms with van der Waals surface area (Å²) in [5, 5.41) is 0. The number of nitrogens with zero attached hydrogens (tertiary/aromatic N) is 1. The van der Waals surface area contributed by atoms with Gasteiger partial charge in [0.1, 0.15) is 0 Å². The van der Waals surface area contributed by atoms with Gasteiger partial charge in [-0.3, -0.25) is 9.10 Å². The third-order valence-electron chi connectivity index (χ3n) is 4.86. The lowest BCUT2D eigenvalue weighted by Crippen LogP contribution is -2.26. The van der Waals surface area contributed by atoms with Gasteiger partial charge in [-0.05, 0) is 49.7 Å². The third kappa shape index (κ3) is 5.00. The zero-order chi connectivity index (χ0) is 22.6. The van der Waals surface area contributed by atoms with Gasteiger partial charge >= 0.3 is 5.97 Å². The van der Waals surface area contributed by atoms with Crippen molar-refractivity contribution < 1.29 is 22.7 Å². The topological polar surface area (TPSA) is 80.8 Å². The highest BCUT2D eigenvalue weighted by Crippen LogP contribution is 2.22. The Bertz CT molecular complexity index is 1220. The molecular formula is C24H23NO5S. The maximum absolute atomic E-state index is 12.9. The molecule has 0 atom stereocenters. The van der Waals surface area contributed by atoms with Crippen molar-refractivity contribution in [3.63, 3.8) is 0 Å². The Hall–Kier alpha value is -3.45. The van der Waals surface area contributed by atoms with Gasteiger partial charge < -0.3 is 4.74 Å². The normalized spacial score (nSPS) is 11.1. The summed E-state index contributed by atoms with van der Waals surface area (Å²) in [6.45, 7) is 3.32. The molecule has 0 bridgehead atoms. The summed E-state index contributed by atoms with van der Waals surface area (Å²) in [5.74, 6) is -1.09. The van der Waals surface area contributed by atoms with Crippen LogP contribution in [0.5, 0.6) is 0 Å². The number of ether oxygens (including phenoxy) is 1. The van der Waals surface area contributed by atoms with Crippen LogP contribution >= 0.6 is 0 Å². The van der Waals surface area contributed by atoms with Crippen molar-refractivity contribution >= 4 is 27.5 Å². The van der Waals surface area contributed by atoms with Gasteiger partial charge in [0.25, 0.3) is 10.0 Å². The smallest absolute Gasteiger partial charge is 0.338 e. The summed E-state index contributed by atoms with van der Waals surface area (Å²) in [6, 6.07) is 19.6. The molecule has 0 aliphatic rings.